The molecule has 1 aliphatic rings. The maximum atomic E-state index is 12.3. The van der Waals surface area contributed by atoms with E-state index in [9.17, 15) is 4.79 Å². The van der Waals surface area contributed by atoms with Crippen molar-refractivity contribution in [1.82, 2.24) is 5.32 Å². The van der Waals surface area contributed by atoms with Gasteiger partial charge in [0.25, 0.3) is 0 Å². The zero-order valence-electron chi connectivity index (χ0n) is 12.2. The van der Waals surface area contributed by atoms with E-state index in [4.69, 9.17) is 5.73 Å². The van der Waals surface area contributed by atoms with Gasteiger partial charge in [-0.25, -0.2) is 0 Å². The molecular weight excluding hydrogens is 248 g/mol. The van der Waals surface area contributed by atoms with Gasteiger partial charge in [-0.15, -0.1) is 0 Å². The van der Waals surface area contributed by atoms with Crippen LogP contribution in [0.5, 0.6) is 0 Å². The number of amides is 1. The lowest BCUT2D eigenvalue weighted by Crippen LogP contribution is -2.44. The summed E-state index contributed by atoms with van der Waals surface area (Å²) in [6, 6.07) is 10.3. The number of hydrogen-bond acceptors (Lipinski definition) is 2. The van der Waals surface area contributed by atoms with E-state index in [1.165, 1.54) is 31.2 Å². The lowest BCUT2D eigenvalue weighted by molar-refractivity contribution is -0.126. The summed E-state index contributed by atoms with van der Waals surface area (Å²) in [7, 11) is 0. The minimum atomic E-state index is 0.0492. The highest BCUT2D eigenvalue weighted by molar-refractivity contribution is 5.79. The zero-order valence-corrected chi connectivity index (χ0v) is 12.2. The molecule has 3 heteroatoms. The molecule has 1 atom stereocenters. The van der Waals surface area contributed by atoms with Crippen LogP contribution >= 0.6 is 0 Å². The molecule has 0 bridgehead atoms. The zero-order chi connectivity index (χ0) is 14.2. The Hall–Kier alpha value is -1.35. The van der Waals surface area contributed by atoms with Gasteiger partial charge in [-0.3, -0.25) is 4.79 Å². The Morgan fingerprint density at radius 2 is 1.80 bits per heavy atom. The second kappa shape index (κ2) is 8.05. The van der Waals surface area contributed by atoms with E-state index in [2.05, 4.69) is 17.4 Å². The van der Waals surface area contributed by atoms with Crippen LogP contribution < -0.4 is 11.1 Å². The fourth-order valence-corrected chi connectivity index (χ4v) is 2.95. The number of hydrogen-bond donors (Lipinski definition) is 2. The van der Waals surface area contributed by atoms with Gasteiger partial charge in [-0.2, -0.15) is 0 Å². The van der Waals surface area contributed by atoms with E-state index in [1.807, 2.05) is 18.2 Å². The SMILES string of the molecule is NCC(Cc1ccccc1)NC(=O)C1CCCCCC1. The van der Waals surface area contributed by atoms with E-state index in [-0.39, 0.29) is 17.9 Å². The monoisotopic (exact) mass is 274 g/mol. The topological polar surface area (TPSA) is 55.1 Å². The van der Waals surface area contributed by atoms with Gasteiger partial charge in [0, 0.05) is 18.5 Å². The molecule has 20 heavy (non-hydrogen) atoms. The first-order chi connectivity index (χ1) is 9.79. The smallest absolute Gasteiger partial charge is 0.223 e. The number of nitrogens with one attached hydrogen (secondary N) is 1. The van der Waals surface area contributed by atoms with Crippen LogP contribution in [0.15, 0.2) is 30.3 Å². The maximum Gasteiger partial charge on any atom is 0.223 e. The van der Waals surface area contributed by atoms with Crippen molar-refractivity contribution in [2.45, 2.75) is 51.0 Å². The Morgan fingerprint density at radius 3 is 2.40 bits per heavy atom. The van der Waals surface area contributed by atoms with Crippen molar-refractivity contribution in [3.63, 3.8) is 0 Å². The van der Waals surface area contributed by atoms with Crippen molar-refractivity contribution >= 4 is 5.91 Å². The first kappa shape index (κ1) is 15.0. The first-order valence-corrected chi connectivity index (χ1v) is 7.84. The molecule has 0 aliphatic heterocycles. The summed E-state index contributed by atoms with van der Waals surface area (Å²) in [6.45, 7) is 0.493. The van der Waals surface area contributed by atoms with Gasteiger partial charge in [0.15, 0.2) is 0 Å². The summed E-state index contributed by atoms with van der Waals surface area (Å²) < 4.78 is 0. The molecule has 0 spiro atoms. The minimum absolute atomic E-state index is 0.0492. The van der Waals surface area contributed by atoms with Crippen LogP contribution in [0.4, 0.5) is 0 Å². The minimum Gasteiger partial charge on any atom is -0.352 e. The lowest BCUT2D eigenvalue weighted by Gasteiger charge is -2.21. The Morgan fingerprint density at radius 1 is 1.15 bits per heavy atom. The highest BCUT2D eigenvalue weighted by atomic mass is 16.1. The van der Waals surface area contributed by atoms with Crippen molar-refractivity contribution in [2.24, 2.45) is 11.7 Å². The number of carbonyl (C=O) groups excluding carboxylic acids is 1. The largest absolute Gasteiger partial charge is 0.352 e. The molecule has 1 saturated carbocycles. The number of benzene rings is 1. The molecule has 0 radical (unpaired) electrons. The third kappa shape index (κ3) is 4.64. The molecule has 0 heterocycles. The van der Waals surface area contributed by atoms with E-state index in [0.717, 1.165) is 19.3 Å². The summed E-state index contributed by atoms with van der Waals surface area (Å²) in [4.78, 5) is 12.3. The molecule has 110 valence electrons. The Labute approximate surface area is 121 Å². The average molecular weight is 274 g/mol. The third-order valence-electron chi connectivity index (χ3n) is 4.18. The molecule has 3 nitrogen and oxygen atoms in total. The van der Waals surface area contributed by atoms with E-state index in [1.54, 1.807) is 0 Å². The first-order valence-electron chi connectivity index (χ1n) is 7.84. The summed E-state index contributed by atoms with van der Waals surface area (Å²) in [6.07, 6.45) is 7.80. The molecular formula is C17H26N2O. The van der Waals surface area contributed by atoms with Gasteiger partial charge in [0.1, 0.15) is 0 Å². The summed E-state index contributed by atoms with van der Waals surface area (Å²) >= 11 is 0. The molecule has 1 aromatic rings. The van der Waals surface area contributed by atoms with Crippen molar-refractivity contribution in [2.75, 3.05) is 6.54 Å². The van der Waals surface area contributed by atoms with Crippen molar-refractivity contribution in [3.05, 3.63) is 35.9 Å². The molecule has 1 amide bonds. The fourth-order valence-electron chi connectivity index (χ4n) is 2.95. The van der Waals surface area contributed by atoms with Crippen LogP contribution in [0.1, 0.15) is 44.1 Å². The molecule has 1 aromatic carbocycles. The number of nitrogens with two attached hydrogens (primary N) is 1. The molecule has 1 unspecified atom stereocenters. The Balaban J connectivity index is 1.87. The second-order valence-electron chi connectivity index (χ2n) is 5.82. The van der Waals surface area contributed by atoms with E-state index < -0.39 is 0 Å². The molecule has 2 rings (SSSR count). The number of carbonyl (C=O) groups is 1. The Bertz CT molecular complexity index is 397. The summed E-state index contributed by atoms with van der Waals surface area (Å²) in [5.41, 5.74) is 7.04. The van der Waals surface area contributed by atoms with Crippen molar-refractivity contribution in [3.8, 4) is 0 Å². The molecule has 0 aromatic heterocycles. The Kier molecular flexibility index (Phi) is 6.06. The molecule has 0 saturated heterocycles. The van der Waals surface area contributed by atoms with Crippen LogP contribution in [0, 0.1) is 5.92 Å². The van der Waals surface area contributed by atoms with Crippen LogP contribution in [-0.2, 0) is 11.2 Å². The predicted molar refractivity (Wildman–Crippen MR) is 82.3 cm³/mol. The standard InChI is InChI=1S/C17H26N2O/c18-13-16(12-14-8-4-3-5-9-14)19-17(20)15-10-6-1-2-7-11-15/h3-5,8-9,15-16H,1-2,6-7,10-13,18H2,(H,19,20). The second-order valence-corrected chi connectivity index (χ2v) is 5.82. The normalized spacial score (nSPS) is 18.2. The van der Waals surface area contributed by atoms with Crippen LogP contribution in [0.3, 0.4) is 0 Å². The average Bonchev–Trinajstić information content (AvgIpc) is 2.76. The van der Waals surface area contributed by atoms with Crippen molar-refractivity contribution in [1.29, 1.82) is 0 Å². The maximum absolute atomic E-state index is 12.3. The van der Waals surface area contributed by atoms with Crippen molar-refractivity contribution < 1.29 is 4.79 Å². The van der Waals surface area contributed by atoms with Gasteiger partial charge < -0.3 is 11.1 Å². The molecule has 1 fully saturated rings. The highest BCUT2D eigenvalue weighted by Gasteiger charge is 2.22. The molecule has 3 N–H and O–H groups in total. The summed E-state index contributed by atoms with van der Waals surface area (Å²) in [5.74, 6) is 0.403. The van der Waals surface area contributed by atoms with Gasteiger partial charge in [-0.1, -0.05) is 56.0 Å². The molecule has 1 aliphatic carbocycles. The van der Waals surface area contributed by atoms with Gasteiger partial charge in [0.2, 0.25) is 5.91 Å². The quantitative estimate of drug-likeness (QED) is 0.811. The van der Waals surface area contributed by atoms with Gasteiger partial charge in [-0.05, 0) is 24.8 Å². The van der Waals surface area contributed by atoms with Crippen LogP contribution in [0.2, 0.25) is 0 Å². The highest BCUT2D eigenvalue weighted by Crippen LogP contribution is 2.23. The number of rotatable bonds is 5. The van der Waals surface area contributed by atoms with E-state index >= 15 is 0 Å². The van der Waals surface area contributed by atoms with Crippen LogP contribution in [-0.4, -0.2) is 18.5 Å². The predicted octanol–water partition coefficient (Wildman–Crippen LogP) is 2.64. The fraction of sp³-hybridized carbons (Fsp3) is 0.588. The lowest BCUT2D eigenvalue weighted by atomic mass is 9.98. The third-order valence-corrected chi connectivity index (χ3v) is 4.18. The van der Waals surface area contributed by atoms with E-state index in [0.29, 0.717) is 6.54 Å². The van der Waals surface area contributed by atoms with Gasteiger partial charge >= 0.3 is 0 Å². The van der Waals surface area contributed by atoms with Gasteiger partial charge in [0.05, 0.1) is 0 Å². The van der Waals surface area contributed by atoms with Crippen LogP contribution in [0.25, 0.3) is 0 Å². The summed E-state index contributed by atoms with van der Waals surface area (Å²) in [5, 5.41) is 3.15.